The largest absolute Gasteiger partial charge is 0.493 e. The summed E-state index contributed by atoms with van der Waals surface area (Å²) in [5.41, 5.74) is 0.997. The number of carbonyl (C=O) groups excluding carboxylic acids is 1. The summed E-state index contributed by atoms with van der Waals surface area (Å²) >= 11 is 5.82. The van der Waals surface area contributed by atoms with Crippen molar-refractivity contribution in [2.45, 2.75) is 6.92 Å². The van der Waals surface area contributed by atoms with Crippen LogP contribution in [0.5, 0.6) is 17.2 Å². The molecular formula is C20H16ClN3O5. The molecule has 0 aliphatic rings. The van der Waals surface area contributed by atoms with Crippen molar-refractivity contribution in [3.63, 3.8) is 0 Å². The van der Waals surface area contributed by atoms with Gasteiger partial charge in [0.15, 0.2) is 11.5 Å². The molecule has 148 valence electrons. The van der Waals surface area contributed by atoms with Crippen LogP contribution in [-0.2, 0) is 0 Å². The topological polar surface area (TPSA) is 104 Å². The number of halogens is 1. The van der Waals surface area contributed by atoms with E-state index < -0.39 is 4.92 Å². The van der Waals surface area contributed by atoms with Crippen LogP contribution >= 0.6 is 11.6 Å². The van der Waals surface area contributed by atoms with Gasteiger partial charge in [0.05, 0.1) is 12.0 Å². The number of carbonyl (C=O) groups is 1. The highest BCUT2D eigenvalue weighted by Crippen LogP contribution is 2.38. The maximum absolute atomic E-state index is 12.5. The highest BCUT2D eigenvalue weighted by atomic mass is 35.5. The number of amides is 1. The van der Waals surface area contributed by atoms with Crippen molar-refractivity contribution in [2.24, 2.45) is 0 Å². The van der Waals surface area contributed by atoms with Crippen molar-refractivity contribution in [2.75, 3.05) is 12.4 Å². The van der Waals surface area contributed by atoms with Crippen LogP contribution in [0.3, 0.4) is 0 Å². The van der Waals surface area contributed by atoms with E-state index in [2.05, 4.69) is 10.3 Å². The van der Waals surface area contributed by atoms with Gasteiger partial charge in [0.1, 0.15) is 5.82 Å². The lowest BCUT2D eigenvalue weighted by Crippen LogP contribution is -2.13. The standard InChI is InChI=1S/C20H16ClN3O5/c1-12-3-8-19(22-11-12)23-20(25)13-4-6-17(18(9-13)28-2)29-16-7-5-14(21)10-15(16)24(26)27/h3-11H,1-2H3,(H,22,23,25). The summed E-state index contributed by atoms with van der Waals surface area (Å²) in [6.45, 7) is 1.90. The van der Waals surface area contributed by atoms with Crippen molar-refractivity contribution >= 4 is 29.0 Å². The number of nitrogens with zero attached hydrogens (tertiary/aromatic N) is 2. The van der Waals surface area contributed by atoms with E-state index in [-0.39, 0.29) is 33.9 Å². The molecule has 0 unspecified atom stereocenters. The third kappa shape index (κ3) is 4.80. The number of benzene rings is 2. The monoisotopic (exact) mass is 413 g/mol. The molecule has 1 heterocycles. The number of ether oxygens (including phenoxy) is 2. The number of hydrogen-bond donors (Lipinski definition) is 1. The minimum absolute atomic E-state index is 0.00115. The lowest BCUT2D eigenvalue weighted by atomic mass is 10.2. The predicted octanol–water partition coefficient (Wildman–Crippen LogP) is 5.00. The number of pyridine rings is 1. The van der Waals surface area contributed by atoms with Crippen molar-refractivity contribution in [1.29, 1.82) is 0 Å². The molecule has 1 N–H and O–H groups in total. The first-order valence-corrected chi connectivity index (χ1v) is 8.79. The fourth-order valence-electron chi connectivity index (χ4n) is 2.46. The van der Waals surface area contributed by atoms with Crippen molar-refractivity contribution in [3.05, 3.63) is 81.0 Å². The quantitative estimate of drug-likeness (QED) is 0.450. The van der Waals surface area contributed by atoms with E-state index in [0.29, 0.717) is 11.4 Å². The summed E-state index contributed by atoms with van der Waals surface area (Å²) in [7, 11) is 1.40. The van der Waals surface area contributed by atoms with Gasteiger partial charge in [-0.3, -0.25) is 14.9 Å². The molecule has 0 spiro atoms. The maximum atomic E-state index is 12.5. The van der Waals surface area contributed by atoms with Gasteiger partial charge in [-0.15, -0.1) is 0 Å². The van der Waals surface area contributed by atoms with Gasteiger partial charge >= 0.3 is 5.69 Å². The number of nitrogens with one attached hydrogen (secondary N) is 1. The number of nitro groups is 1. The Morgan fingerprint density at radius 1 is 1.10 bits per heavy atom. The molecular weight excluding hydrogens is 398 g/mol. The predicted molar refractivity (Wildman–Crippen MR) is 108 cm³/mol. The molecule has 0 aliphatic carbocycles. The van der Waals surface area contributed by atoms with Gasteiger partial charge in [-0.1, -0.05) is 17.7 Å². The lowest BCUT2D eigenvalue weighted by Gasteiger charge is -2.12. The van der Waals surface area contributed by atoms with E-state index >= 15 is 0 Å². The van der Waals surface area contributed by atoms with Gasteiger partial charge in [-0.25, -0.2) is 4.98 Å². The second-order valence-electron chi connectivity index (χ2n) is 6.01. The third-order valence-electron chi connectivity index (χ3n) is 3.92. The van der Waals surface area contributed by atoms with Gasteiger partial charge in [0.25, 0.3) is 5.91 Å². The van der Waals surface area contributed by atoms with Crippen LogP contribution in [0.4, 0.5) is 11.5 Å². The summed E-state index contributed by atoms with van der Waals surface area (Å²) in [4.78, 5) is 27.2. The van der Waals surface area contributed by atoms with Crippen molar-refractivity contribution in [1.82, 2.24) is 4.98 Å². The number of aromatic nitrogens is 1. The van der Waals surface area contributed by atoms with E-state index in [9.17, 15) is 14.9 Å². The van der Waals surface area contributed by atoms with E-state index in [1.807, 2.05) is 13.0 Å². The molecule has 0 fully saturated rings. The molecule has 0 bridgehead atoms. The molecule has 0 atom stereocenters. The number of methoxy groups -OCH3 is 1. The molecule has 2 aromatic carbocycles. The first kappa shape index (κ1) is 20.1. The van der Waals surface area contributed by atoms with Crippen LogP contribution in [0.25, 0.3) is 0 Å². The number of aryl methyl sites for hydroxylation is 1. The molecule has 0 saturated heterocycles. The zero-order chi connectivity index (χ0) is 21.0. The van der Waals surface area contributed by atoms with Gasteiger partial charge in [-0.2, -0.15) is 0 Å². The summed E-state index contributed by atoms with van der Waals surface area (Å²) in [5.74, 6) is 0.473. The Labute approximate surface area is 171 Å². The summed E-state index contributed by atoms with van der Waals surface area (Å²) < 4.78 is 10.9. The molecule has 0 aliphatic heterocycles. The summed E-state index contributed by atoms with van der Waals surface area (Å²) in [6.07, 6.45) is 1.64. The fourth-order valence-corrected chi connectivity index (χ4v) is 2.63. The highest BCUT2D eigenvalue weighted by Gasteiger charge is 2.19. The third-order valence-corrected chi connectivity index (χ3v) is 4.15. The van der Waals surface area contributed by atoms with Crippen LogP contribution in [0.1, 0.15) is 15.9 Å². The number of anilines is 1. The molecule has 1 aromatic heterocycles. The molecule has 29 heavy (non-hydrogen) atoms. The average molecular weight is 414 g/mol. The molecule has 3 rings (SSSR count). The zero-order valence-corrected chi connectivity index (χ0v) is 16.3. The molecule has 9 heteroatoms. The fraction of sp³-hybridized carbons (Fsp3) is 0.100. The second-order valence-corrected chi connectivity index (χ2v) is 6.45. The number of rotatable bonds is 6. The highest BCUT2D eigenvalue weighted by molar-refractivity contribution is 6.30. The van der Waals surface area contributed by atoms with Crippen LogP contribution in [-0.4, -0.2) is 22.9 Å². The zero-order valence-electron chi connectivity index (χ0n) is 15.5. The summed E-state index contributed by atoms with van der Waals surface area (Å²) in [6, 6.07) is 12.1. The Bertz CT molecular complexity index is 1070. The van der Waals surface area contributed by atoms with Gasteiger partial charge in [0, 0.05) is 22.8 Å². The smallest absolute Gasteiger partial charge is 0.313 e. The van der Waals surface area contributed by atoms with Crippen LogP contribution < -0.4 is 14.8 Å². The van der Waals surface area contributed by atoms with E-state index in [4.69, 9.17) is 21.1 Å². The van der Waals surface area contributed by atoms with Crippen LogP contribution in [0, 0.1) is 17.0 Å². The minimum atomic E-state index is -0.593. The van der Waals surface area contributed by atoms with Gasteiger partial charge < -0.3 is 14.8 Å². The normalized spacial score (nSPS) is 10.3. The SMILES string of the molecule is COc1cc(C(=O)Nc2ccc(C)cn2)ccc1Oc1ccc(Cl)cc1[N+](=O)[O-]. The number of hydrogen-bond acceptors (Lipinski definition) is 6. The second kappa shape index (κ2) is 8.57. The Hall–Kier alpha value is -3.65. The Balaban J connectivity index is 1.85. The molecule has 1 amide bonds. The van der Waals surface area contributed by atoms with Crippen molar-refractivity contribution in [3.8, 4) is 17.2 Å². The summed E-state index contributed by atoms with van der Waals surface area (Å²) in [5, 5.41) is 14.1. The first-order valence-electron chi connectivity index (χ1n) is 8.41. The molecule has 8 nitrogen and oxygen atoms in total. The van der Waals surface area contributed by atoms with E-state index in [0.717, 1.165) is 5.56 Å². The molecule has 0 radical (unpaired) electrons. The average Bonchev–Trinajstić information content (AvgIpc) is 2.71. The Morgan fingerprint density at radius 2 is 1.86 bits per heavy atom. The number of nitro benzene ring substituents is 1. The van der Waals surface area contributed by atoms with Crippen molar-refractivity contribution < 1.29 is 19.2 Å². The van der Waals surface area contributed by atoms with E-state index in [1.165, 1.54) is 43.5 Å². The van der Waals surface area contributed by atoms with E-state index in [1.54, 1.807) is 12.3 Å². The minimum Gasteiger partial charge on any atom is -0.493 e. The van der Waals surface area contributed by atoms with Crippen LogP contribution in [0.2, 0.25) is 5.02 Å². The Morgan fingerprint density at radius 3 is 2.52 bits per heavy atom. The lowest BCUT2D eigenvalue weighted by molar-refractivity contribution is -0.385. The van der Waals surface area contributed by atoms with Gasteiger partial charge in [0.2, 0.25) is 5.75 Å². The molecule has 0 saturated carbocycles. The Kier molecular flexibility index (Phi) is 5.94. The van der Waals surface area contributed by atoms with Crippen LogP contribution in [0.15, 0.2) is 54.7 Å². The molecule has 3 aromatic rings. The first-order chi connectivity index (χ1) is 13.9. The van der Waals surface area contributed by atoms with Gasteiger partial charge in [-0.05, 0) is 48.9 Å². The maximum Gasteiger partial charge on any atom is 0.313 e.